The zero-order valence-corrected chi connectivity index (χ0v) is 28.2. The Labute approximate surface area is 281 Å². The first kappa shape index (κ1) is 32.7. The van der Waals surface area contributed by atoms with Crippen molar-refractivity contribution in [2.75, 3.05) is 9.80 Å². The molecule has 2 atom stereocenters. The smallest absolute Gasteiger partial charge is 0.241 e. The molecule has 0 radical (unpaired) electrons. The van der Waals surface area contributed by atoms with Crippen molar-refractivity contribution in [3.05, 3.63) is 107 Å². The highest BCUT2D eigenvalue weighted by Gasteiger charge is 2.42. The van der Waals surface area contributed by atoms with Gasteiger partial charge in [-0.3, -0.25) is 19.2 Å². The molecule has 4 aromatic carbocycles. The first-order chi connectivity index (χ1) is 22.9. The number of hydrogen-bond donors (Lipinski definition) is 0. The highest BCUT2D eigenvalue weighted by atomic mass is 16.5. The summed E-state index contributed by atoms with van der Waals surface area (Å²) in [5, 5.41) is 0. The highest BCUT2D eigenvalue weighted by molar-refractivity contribution is 6.24. The quantitative estimate of drug-likeness (QED) is 0.174. The average Bonchev–Trinajstić information content (AvgIpc) is 3.49. The van der Waals surface area contributed by atoms with Crippen molar-refractivity contribution in [1.82, 2.24) is 0 Å². The van der Waals surface area contributed by atoms with Gasteiger partial charge in [-0.2, -0.15) is 0 Å². The Balaban J connectivity index is 1.25. The van der Waals surface area contributed by atoms with Crippen molar-refractivity contribution in [1.29, 1.82) is 0 Å². The summed E-state index contributed by atoms with van der Waals surface area (Å²) in [5.74, 6) is -0.905. The lowest BCUT2D eigenvalue weighted by molar-refractivity contribution is -0.123. The van der Waals surface area contributed by atoms with Crippen molar-refractivity contribution < 1.29 is 28.7 Å². The number of hydrogen-bond acceptors (Lipinski definition) is 6. The minimum absolute atomic E-state index is 0.00989. The summed E-state index contributed by atoms with van der Waals surface area (Å²) in [4.78, 5) is 56.4. The van der Waals surface area contributed by atoms with Gasteiger partial charge < -0.3 is 9.47 Å². The summed E-state index contributed by atoms with van der Waals surface area (Å²) >= 11 is 0. The monoisotopic (exact) mass is 644 g/mol. The molecule has 0 unspecified atom stereocenters. The second-order valence-corrected chi connectivity index (χ2v) is 13.2. The number of carbonyl (C=O) groups is 4. The van der Waals surface area contributed by atoms with Crippen molar-refractivity contribution >= 4 is 35.0 Å². The third-order valence-electron chi connectivity index (χ3n) is 8.65. The molecule has 0 aromatic heterocycles. The fourth-order valence-corrected chi connectivity index (χ4v) is 6.61. The molecule has 0 aliphatic carbocycles. The second kappa shape index (κ2) is 13.1. The topological polar surface area (TPSA) is 93.2 Å². The van der Waals surface area contributed by atoms with Gasteiger partial charge in [0.25, 0.3) is 0 Å². The molecule has 2 aliphatic rings. The number of aryl methyl sites for hydroxylation is 2. The third-order valence-corrected chi connectivity index (χ3v) is 8.65. The predicted octanol–water partition coefficient (Wildman–Crippen LogP) is 7.64. The molecule has 2 aliphatic heterocycles. The first-order valence-corrected chi connectivity index (χ1v) is 16.4. The van der Waals surface area contributed by atoms with Crippen LogP contribution >= 0.6 is 0 Å². The summed E-state index contributed by atoms with van der Waals surface area (Å²) in [6.45, 7) is 11.6. The molecule has 48 heavy (non-hydrogen) atoms. The zero-order valence-electron chi connectivity index (χ0n) is 28.2. The maximum absolute atomic E-state index is 13.7. The van der Waals surface area contributed by atoms with Crippen LogP contribution in [-0.4, -0.2) is 35.8 Å². The molecular weight excluding hydrogens is 604 g/mol. The molecule has 8 nitrogen and oxygen atoms in total. The van der Waals surface area contributed by atoms with E-state index in [9.17, 15) is 19.2 Å². The van der Waals surface area contributed by atoms with E-state index in [-0.39, 0.29) is 48.7 Å². The van der Waals surface area contributed by atoms with Gasteiger partial charge in [0.05, 0.1) is 35.4 Å². The molecule has 4 amide bonds. The normalized spacial score (nSPS) is 18.1. The van der Waals surface area contributed by atoms with Gasteiger partial charge in [-0.25, -0.2) is 9.80 Å². The minimum Gasteiger partial charge on any atom is -0.491 e. The number of carbonyl (C=O) groups excluding carboxylic acids is 4. The maximum atomic E-state index is 13.7. The summed E-state index contributed by atoms with van der Waals surface area (Å²) in [5.41, 5.74) is 5.84. The number of amides is 4. The van der Waals surface area contributed by atoms with Crippen LogP contribution in [0.4, 0.5) is 11.4 Å². The van der Waals surface area contributed by atoms with Crippen LogP contribution in [0.25, 0.3) is 11.1 Å². The summed E-state index contributed by atoms with van der Waals surface area (Å²) in [7, 11) is 0. The van der Waals surface area contributed by atoms with Crippen LogP contribution in [0.15, 0.2) is 84.9 Å². The predicted molar refractivity (Wildman–Crippen MR) is 185 cm³/mol. The van der Waals surface area contributed by atoms with Crippen LogP contribution < -0.4 is 19.3 Å². The summed E-state index contributed by atoms with van der Waals surface area (Å²) in [6, 6.07) is 26.0. The maximum Gasteiger partial charge on any atom is 0.241 e. The molecule has 0 saturated carbocycles. The van der Waals surface area contributed by atoms with E-state index in [0.717, 1.165) is 33.4 Å². The van der Waals surface area contributed by atoms with E-state index >= 15 is 0 Å². The Kier molecular flexibility index (Phi) is 8.93. The van der Waals surface area contributed by atoms with Crippen molar-refractivity contribution in [3.8, 4) is 22.6 Å². The Morgan fingerprint density at radius 1 is 0.604 bits per heavy atom. The van der Waals surface area contributed by atoms with Crippen LogP contribution in [0, 0.1) is 13.8 Å². The lowest BCUT2D eigenvalue weighted by Crippen LogP contribution is -2.30. The highest BCUT2D eigenvalue weighted by Crippen LogP contribution is 2.39. The van der Waals surface area contributed by atoms with E-state index in [1.54, 1.807) is 6.07 Å². The van der Waals surface area contributed by atoms with E-state index in [0.29, 0.717) is 22.9 Å². The van der Waals surface area contributed by atoms with Crippen LogP contribution in [0.3, 0.4) is 0 Å². The van der Waals surface area contributed by atoms with Gasteiger partial charge in [-0.05, 0) is 123 Å². The Hall–Kier alpha value is -5.24. The van der Waals surface area contributed by atoms with E-state index in [1.807, 2.05) is 120 Å². The van der Waals surface area contributed by atoms with Gasteiger partial charge in [0.1, 0.15) is 11.5 Å². The Bertz CT molecular complexity index is 1930. The molecule has 246 valence electrons. The summed E-state index contributed by atoms with van der Waals surface area (Å²) in [6.07, 6.45) is 0.140. The molecule has 0 spiro atoms. The van der Waals surface area contributed by atoms with Gasteiger partial charge in [0.2, 0.25) is 23.6 Å². The zero-order chi connectivity index (χ0) is 34.3. The average molecular weight is 645 g/mol. The number of ether oxygens (including phenoxy) is 2. The number of anilines is 2. The van der Waals surface area contributed by atoms with Gasteiger partial charge in [-0.15, -0.1) is 0 Å². The van der Waals surface area contributed by atoms with Crippen molar-refractivity contribution in [2.45, 2.75) is 78.4 Å². The Morgan fingerprint density at radius 2 is 1.15 bits per heavy atom. The van der Waals surface area contributed by atoms with Crippen molar-refractivity contribution in [3.63, 3.8) is 0 Å². The Morgan fingerprint density at radius 3 is 1.69 bits per heavy atom. The number of benzene rings is 4. The number of nitrogens with zero attached hydrogens (tertiary/aromatic N) is 2. The fourth-order valence-electron chi connectivity index (χ4n) is 6.61. The van der Waals surface area contributed by atoms with Crippen LogP contribution in [0.1, 0.15) is 74.6 Å². The molecule has 0 bridgehead atoms. The van der Waals surface area contributed by atoms with Gasteiger partial charge >= 0.3 is 0 Å². The number of rotatable bonds is 9. The van der Waals surface area contributed by atoms with E-state index in [1.165, 1.54) is 9.80 Å². The summed E-state index contributed by atoms with van der Waals surface area (Å²) < 4.78 is 11.6. The van der Waals surface area contributed by atoms with Gasteiger partial charge in [-0.1, -0.05) is 36.4 Å². The molecule has 4 aromatic rings. The van der Waals surface area contributed by atoms with Gasteiger partial charge in [0.15, 0.2) is 0 Å². The second-order valence-electron chi connectivity index (χ2n) is 13.2. The first-order valence-electron chi connectivity index (χ1n) is 16.4. The largest absolute Gasteiger partial charge is 0.491 e. The number of imide groups is 2. The molecular formula is C40H40N2O6. The molecule has 2 saturated heterocycles. The van der Waals surface area contributed by atoms with E-state index in [4.69, 9.17) is 9.47 Å². The van der Waals surface area contributed by atoms with Crippen molar-refractivity contribution in [2.24, 2.45) is 0 Å². The molecule has 2 heterocycles. The van der Waals surface area contributed by atoms with E-state index < -0.39 is 11.8 Å². The standard InChI is InChI=1S/C40H40N2O6/c1-23(2)47-32-11-7-9-28(19-32)34-21-37(43)41(39(34)45)31-16-25(5)15-30(18-31)27-13-14-36(26(6)17-27)42-38(44)22-35(40(42)46)29-10-8-12-33(20-29)48-24(3)4/h7-20,23-24,34-35H,21-22H2,1-6H3/t34-,35-/m1/s1. The van der Waals surface area contributed by atoms with Gasteiger partial charge in [0, 0.05) is 12.8 Å². The molecule has 2 fully saturated rings. The fraction of sp³-hybridized carbons (Fsp3) is 0.300. The third kappa shape index (κ3) is 6.47. The SMILES string of the molecule is Cc1cc(-c2ccc(N3C(=O)C[C@H](c4cccc(OC(C)C)c4)C3=O)c(C)c2)cc(N2C(=O)C[C@H](c3cccc(OC(C)C)c3)C2=O)c1. The van der Waals surface area contributed by atoms with Crippen LogP contribution in [0.5, 0.6) is 11.5 Å². The molecule has 0 N–H and O–H groups in total. The van der Waals surface area contributed by atoms with Crippen LogP contribution in [-0.2, 0) is 19.2 Å². The van der Waals surface area contributed by atoms with E-state index in [2.05, 4.69) is 0 Å². The lowest BCUT2D eigenvalue weighted by atomic mass is 9.97. The minimum atomic E-state index is -0.594. The lowest BCUT2D eigenvalue weighted by Gasteiger charge is -2.20. The van der Waals surface area contributed by atoms with Crippen LogP contribution in [0.2, 0.25) is 0 Å². The molecule has 6 rings (SSSR count). The molecule has 8 heteroatoms.